The van der Waals surface area contributed by atoms with Gasteiger partial charge in [0.05, 0.1) is 28.6 Å². The number of hydrogen-bond acceptors (Lipinski definition) is 5. The van der Waals surface area contributed by atoms with E-state index in [9.17, 15) is 9.59 Å². The van der Waals surface area contributed by atoms with Crippen molar-refractivity contribution >= 4 is 39.8 Å². The summed E-state index contributed by atoms with van der Waals surface area (Å²) in [5.74, 6) is -0.302. The quantitative estimate of drug-likeness (QED) is 0.696. The molecule has 0 radical (unpaired) electrons. The van der Waals surface area contributed by atoms with E-state index in [1.54, 1.807) is 12.1 Å². The van der Waals surface area contributed by atoms with Crippen LogP contribution in [-0.2, 0) is 11.3 Å². The standard InChI is InChI=1S/C22H24ClN5O2/c1-15-4-3-5-17-21(15)24-14-28(22(17)30)13-20(29)25-18-12-16(23)6-7-19(18)27-10-8-26(2)9-11-27/h3-7,12,14H,8-11,13H2,1-2H3,(H,25,29). The van der Waals surface area contributed by atoms with Gasteiger partial charge in [-0.3, -0.25) is 14.2 Å². The van der Waals surface area contributed by atoms with Crippen molar-refractivity contribution in [3.05, 3.63) is 63.7 Å². The molecule has 0 atom stereocenters. The van der Waals surface area contributed by atoms with Gasteiger partial charge in [0.25, 0.3) is 5.56 Å². The fraction of sp³-hybridized carbons (Fsp3) is 0.318. The molecule has 1 saturated heterocycles. The van der Waals surface area contributed by atoms with Crippen LogP contribution in [0.2, 0.25) is 5.02 Å². The van der Waals surface area contributed by atoms with Gasteiger partial charge in [0.2, 0.25) is 5.91 Å². The number of piperazine rings is 1. The first-order valence-electron chi connectivity index (χ1n) is 9.90. The maximum absolute atomic E-state index is 12.8. The van der Waals surface area contributed by atoms with Crippen LogP contribution in [0.3, 0.4) is 0 Å². The van der Waals surface area contributed by atoms with Crippen molar-refractivity contribution in [2.75, 3.05) is 43.4 Å². The first-order valence-corrected chi connectivity index (χ1v) is 10.3. The molecule has 0 saturated carbocycles. The predicted octanol–water partition coefficient (Wildman–Crippen LogP) is 2.75. The highest BCUT2D eigenvalue weighted by atomic mass is 35.5. The third-order valence-corrected chi connectivity index (χ3v) is 5.68. The Labute approximate surface area is 179 Å². The number of aryl methyl sites for hydroxylation is 1. The molecule has 2 aromatic carbocycles. The summed E-state index contributed by atoms with van der Waals surface area (Å²) in [6, 6.07) is 11.0. The third-order valence-electron chi connectivity index (χ3n) is 5.45. The van der Waals surface area contributed by atoms with Crippen LogP contribution in [0.1, 0.15) is 5.56 Å². The molecule has 3 aromatic rings. The van der Waals surface area contributed by atoms with Gasteiger partial charge in [0.1, 0.15) is 6.54 Å². The monoisotopic (exact) mass is 425 g/mol. The maximum atomic E-state index is 12.8. The van der Waals surface area contributed by atoms with E-state index in [0.717, 1.165) is 37.4 Å². The molecular weight excluding hydrogens is 402 g/mol. The van der Waals surface area contributed by atoms with Crippen LogP contribution in [0, 0.1) is 6.92 Å². The lowest BCUT2D eigenvalue weighted by Crippen LogP contribution is -2.44. The van der Waals surface area contributed by atoms with Gasteiger partial charge in [-0.05, 0) is 43.8 Å². The van der Waals surface area contributed by atoms with Crippen molar-refractivity contribution in [1.82, 2.24) is 14.5 Å². The number of amides is 1. The first kappa shape index (κ1) is 20.4. The van der Waals surface area contributed by atoms with Crippen molar-refractivity contribution in [2.45, 2.75) is 13.5 Å². The Kier molecular flexibility index (Phi) is 5.74. The minimum absolute atomic E-state index is 0.121. The number of rotatable bonds is 4. The van der Waals surface area contributed by atoms with E-state index in [1.165, 1.54) is 10.9 Å². The topological polar surface area (TPSA) is 70.5 Å². The smallest absolute Gasteiger partial charge is 0.261 e. The highest BCUT2D eigenvalue weighted by Gasteiger charge is 2.19. The van der Waals surface area contributed by atoms with Crippen LogP contribution in [0.5, 0.6) is 0 Å². The molecule has 0 bridgehead atoms. The Morgan fingerprint density at radius 3 is 2.70 bits per heavy atom. The summed E-state index contributed by atoms with van der Waals surface area (Å²) in [5.41, 5.74) is 2.93. The largest absolute Gasteiger partial charge is 0.367 e. The van der Waals surface area contributed by atoms with Crippen LogP contribution in [0.25, 0.3) is 10.9 Å². The molecule has 0 spiro atoms. The van der Waals surface area contributed by atoms with Gasteiger partial charge >= 0.3 is 0 Å². The Morgan fingerprint density at radius 1 is 1.17 bits per heavy atom. The number of hydrogen-bond donors (Lipinski definition) is 1. The summed E-state index contributed by atoms with van der Waals surface area (Å²) in [4.78, 5) is 34.4. The number of halogens is 1. The number of anilines is 2. The normalized spacial score (nSPS) is 14.8. The van der Waals surface area contributed by atoms with Gasteiger partial charge in [0.15, 0.2) is 0 Å². The fourth-order valence-corrected chi connectivity index (χ4v) is 3.90. The van der Waals surface area contributed by atoms with Gasteiger partial charge in [-0.2, -0.15) is 0 Å². The number of carbonyl (C=O) groups excluding carboxylic acids is 1. The number of likely N-dealkylation sites (N-methyl/N-ethyl adjacent to an activating group) is 1. The molecule has 30 heavy (non-hydrogen) atoms. The second-order valence-electron chi connectivity index (χ2n) is 7.65. The summed E-state index contributed by atoms with van der Waals surface area (Å²) >= 11 is 6.18. The maximum Gasteiger partial charge on any atom is 0.261 e. The molecule has 4 rings (SSSR count). The van der Waals surface area contributed by atoms with Crippen LogP contribution in [0.4, 0.5) is 11.4 Å². The number of benzene rings is 2. The lowest BCUT2D eigenvalue weighted by atomic mass is 10.1. The fourth-order valence-electron chi connectivity index (χ4n) is 3.73. The highest BCUT2D eigenvalue weighted by Crippen LogP contribution is 2.30. The summed E-state index contributed by atoms with van der Waals surface area (Å²) in [5, 5.41) is 3.98. The molecule has 156 valence electrons. The van der Waals surface area contributed by atoms with E-state index in [-0.39, 0.29) is 18.0 Å². The lowest BCUT2D eigenvalue weighted by Gasteiger charge is -2.35. The van der Waals surface area contributed by atoms with Crippen molar-refractivity contribution in [3.8, 4) is 0 Å². The molecule has 1 aliphatic heterocycles. The Hall–Kier alpha value is -2.90. The molecule has 1 amide bonds. The zero-order chi connectivity index (χ0) is 21.3. The van der Waals surface area contributed by atoms with Gasteiger partial charge in [-0.15, -0.1) is 0 Å². The number of nitrogens with zero attached hydrogens (tertiary/aromatic N) is 4. The average molecular weight is 426 g/mol. The summed E-state index contributed by atoms with van der Waals surface area (Å²) in [6.45, 7) is 5.43. The molecule has 2 heterocycles. The minimum Gasteiger partial charge on any atom is -0.367 e. The van der Waals surface area contributed by atoms with Gasteiger partial charge in [-0.1, -0.05) is 23.7 Å². The van der Waals surface area contributed by atoms with Crippen molar-refractivity contribution in [2.24, 2.45) is 0 Å². The molecule has 1 aliphatic rings. The number of carbonyl (C=O) groups is 1. The van der Waals surface area contributed by atoms with Gasteiger partial charge in [-0.25, -0.2) is 4.98 Å². The van der Waals surface area contributed by atoms with Crippen LogP contribution in [0.15, 0.2) is 47.5 Å². The SMILES string of the molecule is Cc1cccc2c(=O)n(CC(=O)Nc3cc(Cl)ccc3N3CCN(C)CC3)cnc12. The zero-order valence-corrected chi connectivity index (χ0v) is 17.8. The van der Waals surface area contributed by atoms with E-state index in [2.05, 4.69) is 27.1 Å². The molecule has 0 unspecified atom stereocenters. The molecule has 1 fully saturated rings. The van der Waals surface area contributed by atoms with Gasteiger partial charge in [0, 0.05) is 31.2 Å². The predicted molar refractivity (Wildman–Crippen MR) is 121 cm³/mol. The summed E-state index contributed by atoms with van der Waals surface area (Å²) in [7, 11) is 2.10. The molecule has 1 N–H and O–H groups in total. The third kappa shape index (κ3) is 4.17. The zero-order valence-electron chi connectivity index (χ0n) is 17.1. The second-order valence-corrected chi connectivity index (χ2v) is 8.09. The second kappa shape index (κ2) is 8.45. The van der Waals surface area contributed by atoms with E-state index in [4.69, 9.17) is 11.6 Å². The number of fused-ring (bicyclic) bond motifs is 1. The average Bonchev–Trinajstić information content (AvgIpc) is 2.72. The highest BCUT2D eigenvalue weighted by molar-refractivity contribution is 6.31. The van der Waals surface area contributed by atoms with Crippen LogP contribution in [-0.4, -0.2) is 53.6 Å². The molecule has 7 nitrogen and oxygen atoms in total. The Bertz CT molecular complexity index is 1150. The number of nitrogens with one attached hydrogen (secondary N) is 1. The Morgan fingerprint density at radius 2 is 1.93 bits per heavy atom. The molecule has 8 heteroatoms. The van der Waals surface area contributed by atoms with Crippen molar-refractivity contribution < 1.29 is 4.79 Å². The van der Waals surface area contributed by atoms with E-state index >= 15 is 0 Å². The molecule has 1 aromatic heterocycles. The van der Waals surface area contributed by atoms with Gasteiger partial charge < -0.3 is 15.1 Å². The van der Waals surface area contributed by atoms with Crippen molar-refractivity contribution in [1.29, 1.82) is 0 Å². The van der Waals surface area contributed by atoms with Crippen LogP contribution >= 0.6 is 11.6 Å². The lowest BCUT2D eigenvalue weighted by molar-refractivity contribution is -0.116. The number of para-hydroxylation sites is 1. The summed E-state index contributed by atoms with van der Waals surface area (Å²) in [6.07, 6.45) is 1.43. The molecular formula is C22H24ClN5O2. The minimum atomic E-state index is -0.302. The summed E-state index contributed by atoms with van der Waals surface area (Å²) < 4.78 is 1.33. The first-order chi connectivity index (χ1) is 14.4. The molecule has 0 aliphatic carbocycles. The van der Waals surface area contributed by atoms with Crippen LogP contribution < -0.4 is 15.8 Å². The van der Waals surface area contributed by atoms with E-state index in [1.807, 2.05) is 31.2 Å². The van der Waals surface area contributed by atoms with E-state index in [0.29, 0.717) is 21.6 Å². The van der Waals surface area contributed by atoms with Crippen molar-refractivity contribution in [3.63, 3.8) is 0 Å². The Balaban J connectivity index is 1.56. The van der Waals surface area contributed by atoms with E-state index < -0.39 is 0 Å². The number of aromatic nitrogens is 2.